The molecule has 0 spiro atoms. The molecule has 1 fully saturated rings. The maximum Gasteiger partial charge on any atom is 0.225 e. The maximum atomic E-state index is 5.80. The van der Waals surface area contributed by atoms with Crippen molar-refractivity contribution in [1.29, 1.82) is 0 Å². The van der Waals surface area contributed by atoms with Crippen LogP contribution in [0.25, 0.3) is 0 Å². The number of nitrogens with zero attached hydrogens (tertiary/aromatic N) is 7. The first kappa shape index (κ1) is 20.6. The summed E-state index contributed by atoms with van der Waals surface area (Å²) in [7, 11) is 0. The Morgan fingerprint density at radius 1 is 0.875 bits per heavy atom. The molecule has 3 aromatic rings. The van der Waals surface area contributed by atoms with Gasteiger partial charge < -0.3 is 14.5 Å². The second-order valence-electron chi connectivity index (χ2n) is 8.17. The Morgan fingerprint density at radius 2 is 1.62 bits per heavy atom. The second-order valence-corrected chi connectivity index (χ2v) is 8.17. The van der Waals surface area contributed by atoms with Gasteiger partial charge in [0.05, 0.1) is 12.3 Å². The number of aromatic nitrogens is 4. The first-order valence-electron chi connectivity index (χ1n) is 11.3. The second kappa shape index (κ2) is 9.48. The molecule has 5 rings (SSSR count). The van der Waals surface area contributed by atoms with Crippen LogP contribution in [0, 0.1) is 0 Å². The van der Waals surface area contributed by atoms with Gasteiger partial charge >= 0.3 is 0 Å². The molecule has 0 atom stereocenters. The van der Waals surface area contributed by atoms with E-state index in [4.69, 9.17) is 14.7 Å². The fraction of sp³-hybridized carbons (Fsp3) is 0.417. The summed E-state index contributed by atoms with van der Waals surface area (Å²) in [5, 5.41) is 0. The van der Waals surface area contributed by atoms with Gasteiger partial charge in [0, 0.05) is 82.0 Å². The standard InChI is InChI=1S/C24H29N7O/c1-2-32-22-7-4-3-6-19(22)17-29-11-8-21-20(18-29)16-27-24(28-21)31-14-12-30(13-15-31)23-25-9-5-10-26-23/h3-7,9-10,16H,2,8,11-15,17-18H2,1H3. The minimum atomic E-state index is 0.684. The van der Waals surface area contributed by atoms with Crippen LogP contribution in [0.4, 0.5) is 11.9 Å². The molecule has 0 unspecified atom stereocenters. The number of fused-ring (bicyclic) bond motifs is 1. The first-order chi connectivity index (χ1) is 15.8. The van der Waals surface area contributed by atoms with E-state index in [2.05, 4.69) is 42.9 Å². The lowest BCUT2D eigenvalue weighted by atomic mass is 10.1. The zero-order valence-corrected chi connectivity index (χ0v) is 18.5. The zero-order chi connectivity index (χ0) is 21.8. The molecule has 0 radical (unpaired) electrons. The summed E-state index contributed by atoms with van der Waals surface area (Å²) in [6.45, 7) is 8.93. The Labute approximate surface area is 188 Å². The molecule has 0 amide bonds. The Morgan fingerprint density at radius 3 is 2.41 bits per heavy atom. The van der Waals surface area contributed by atoms with Crippen molar-refractivity contribution in [3.8, 4) is 5.75 Å². The fourth-order valence-corrected chi connectivity index (χ4v) is 4.38. The summed E-state index contributed by atoms with van der Waals surface area (Å²) in [4.78, 5) is 25.3. The Bertz CT molecular complexity index is 1040. The summed E-state index contributed by atoms with van der Waals surface area (Å²) in [6.07, 6.45) is 6.55. The van der Waals surface area contributed by atoms with Gasteiger partial charge in [0.15, 0.2) is 0 Å². The van der Waals surface area contributed by atoms with Crippen molar-refractivity contribution in [1.82, 2.24) is 24.8 Å². The molecule has 2 aromatic heterocycles. The van der Waals surface area contributed by atoms with Crippen LogP contribution in [0.3, 0.4) is 0 Å². The van der Waals surface area contributed by atoms with Gasteiger partial charge in [-0.2, -0.15) is 0 Å². The Balaban J connectivity index is 1.21. The molecule has 8 heteroatoms. The largest absolute Gasteiger partial charge is 0.494 e. The SMILES string of the molecule is CCOc1ccccc1CN1CCc2nc(N3CCN(c4ncccn4)CC3)ncc2C1. The zero-order valence-electron chi connectivity index (χ0n) is 18.5. The number of ether oxygens (including phenoxy) is 1. The van der Waals surface area contributed by atoms with Crippen LogP contribution in [0.5, 0.6) is 5.75 Å². The van der Waals surface area contributed by atoms with Crippen molar-refractivity contribution in [2.45, 2.75) is 26.4 Å². The van der Waals surface area contributed by atoms with Crippen molar-refractivity contribution in [2.24, 2.45) is 0 Å². The Hall–Kier alpha value is -3.26. The average molecular weight is 432 g/mol. The molecule has 1 saturated heterocycles. The van der Waals surface area contributed by atoms with Crippen LogP contribution in [0.2, 0.25) is 0 Å². The number of benzene rings is 1. The highest BCUT2D eigenvalue weighted by Crippen LogP contribution is 2.25. The monoisotopic (exact) mass is 431 g/mol. The van der Waals surface area contributed by atoms with Crippen molar-refractivity contribution >= 4 is 11.9 Å². The molecule has 0 aliphatic carbocycles. The summed E-state index contributed by atoms with van der Waals surface area (Å²) >= 11 is 0. The number of hydrogen-bond donors (Lipinski definition) is 0. The molecule has 2 aliphatic heterocycles. The minimum absolute atomic E-state index is 0.684. The maximum absolute atomic E-state index is 5.80. The van der Waals surface area contributed by atoms with Crippen LogP contribution in [0.1, 0.15) is 23.7 Å². The molecule has 2 aliphatic rings. The molecule has 4 heterocycles. The van der Waals surface area contributed by atoms with Crippen LogP contribution >= 0.6 is 0 Å². The van der Waals surface area contributed by atoms with Crippen molar-refractivity contribution < 1.29 is 4.74 Å². The van der Waals surface area contributed by atoms with E-state index >= 15 is 0 Å². The van der Waals surface area contributed by atoms with Gasteiger partial charge in [0.25, 0.3) is 0 Å². The number of rotatable bonds is 6. The molecule has 0 saturated carbocycles. The van der Waals surface area contributed by atoms with E-state index in [0.29, 0.717) is 6.61 Å². The van der Waals surface area contributed by atoms with Crippen molar-refractivity contribution in [3.63, 3.8) is 0 Å². The quantitative estimate of drug-likeness (QED) is 0.590. The highest BCUT2D eigenvalue weighted by molar-refractivity contribution is 5.39. The lowest BCUT2D eigenvalue weighted by Gasteiger charge is -2.35. The fourth-order valence-electron chi connectivity index (χ4n) is 4.38. The first-order valence-corrected chi connectivity index (χ1v) is 11.3. The molecule has 166 valence electrons. The molecule has 32 heavy (non-hydrogen) atoms. The molecule has 0 N–H and O–H groups in total. The summed E-state index contributed by atoms with van der Waals surface area (Å²) in [5.41, 5.74) is 3.64. The molecule has 1 aromatic carbocycles. The van der Waals surface area contributed by atoms with Gasteiger partial charge in [0.1, 0.15) is 5.75 Å². The predicted molar refractivity (Wildman–Crippen MR) is 124 cm³/mol. The number of piperazine rings is 1. The molecule has 8 nitrogen and oxygen atoms in total. The topological polar surface area (TPSA) is 70.5 Å². The number of para-hydroxylation sites is 1. The van der Waals surface area contributed by atoms with Crippen LogP contribution in [-0.4, -0.2) is 64.2 Å². The lowest BCUT2D eigenvalue weighted by Crippen LogP contribution is -2.47. The number of hydrogen-bond acceptors (Lipinski definition) is 8. The van der Waals surface area contributed by atoms with Gasteiger partial charge in [0.2, 0.25) is 11.9 Å². The van der Waals surface area contributed by atoms with Crippen LogP contribution in [0.15, 0.2) is 48.9 Å². The molecular formula is C24H29N7O. The van der Waals surface area contributed by atoms with E-state index < -0.39 is 0 Å². The van der Waals surface area contributed by atoms with E-state index in [0.717, 1.165) is 69.9 Å². The molecule has 0 bridgehead atoms. The summed E-state index contributed by atoms with van der Waals surface area (Å²) in [5.74, 6) is 2.62. The third-order valence-corrected chi connectivity index (χ3v) is 6.06. The van der Waals surface area contributed by atoms with Crippen molar-refractivity contribution in [2.75, 3.05) is 49.1 Å². The lowest BCUT2D eigenvalue weighted by molar-refractivity contribution is 0.237. The smallest absolute Gasteiger partial charge is 0.225 e. The van der Waals surface area contributed by atoms with E-state index in [-0.39, 0.29) is 0 Å². The van der Waals surface area contributed by atoms with E-state index in [1.807, 2.05) is 25.3 Å². The van der Waals surface area contributed by atoms with Crippen LogP contribution in [-0.2, 0) is 19.5 Å². The third-order valence-electron chi connectivity index (χ3n) is 6.06. The predicted octanol–water partition coefficient (Wildman–Crippen LogP) is 2.55. The van der Waals surface area contributed by atoms with E-state index in [1.165, 1.54) is 16.8 Å². The minimum Gasteiger partial charge on any atom is -0.494 e. The highest BCUT2D eigenvalue weighted by atomic mass is 16.5. The van der Waals surface area contributed by atoms with Gasteiger partial charge in [-0.3, -0.25) is 4.90 Å². The number of anilines is 2. The summed E-state index contributed by atoms with van der Waals surface area (Å²) in [6, 6.07) is 10.2. The van der Waals surface area contributed by atoms with E-state index in [1.54, 1.807) is 12.4 Å². The summed E-state index contributed by atoms with van der Waals surface area (Å²) < 4.78 is 5.80. The van der Waals surface area contributed by atoms with Gasteiger partial charge in [-0.25, -0.2) is 19.9 Å². The normalized spacial score (nSPS) is 16.7. The van der Waals surface area contributed by atoms with Crippen LogP contribution < -0.4 is 14.5 Å². The van der Waals surface area contributed by atoms with Gasteiger partial charge in [-0.1, -0.05) is 18.2 Å². The highest BCUT2D eigenvalue weighted by Gasteiger charge is 2.24. The molecular weight excluding hydrogens is 402 g/mol. The van der Waals surface area contributed by atoms with Gasteiger partial charge in [-0.15, -0.1) is 0 Å². The van der Waals surface area contributed by atoms with Crippen molar-refractivity contribution in [3.05, 3.63) is 65.7 Å². The van der Waals surface area contributed by atoms with Gasteiger partial charge in [-0.05, 0) is 19.1 Å². The Kier molecular flexibility index (Phi) is 6.11. The average Bonchev–Trinajstić information content (AvgIpc) is 2.86. The van der Waals surface area contributed by atoms with E-state index in [9.17, 15) is 0 Å². The third kappa shape index (κ3) is 4.50.